The van der Waals surface area contributed by atoms with Crippen molar-refractivity contribution >= 4 is 11.3 Å². The first-order valence-electron chi connectivity index (χ1n) is 6.12. The summed E-state index contributed by atoms with van der Waals surface area (Å²) in [6.45, 7) is 2.13. The van der Waals surface area contributed by atoms with Gasteiger partial charge in [0.05, 0.1) is 13.2 Å². The summed E-state index contributed by atoms with van der Waals surface area (Å²) in [4.78, 5) is 2.36. The summed E-state index contributed by atoms with van der Waals surface area (Å²) in [5.41, 5.74) is 1.12. The molecule has 1 aromatic heterocycles. The van der Waals surface area contributed by atoms with E-state index >= 15 is 0 Å². The van der Waals surface area contributed by atoms with Gasteiger partial charge in [0.1, 0.15) is 5.75 Å². The molecule has 18 heavy (non-hydrogen) atoms. The average molecular weight is 262 g/mol. The molecule has 2 aromatic rings. The number of aliphatic hydroxyl groups is 1. The fourth-order valence-corrected chi connectivity index (χ4v) is 2.79. The number of aryl methyl sites for hydroxylation is 1. The van der Waals surface area contributed by atoms with Gasteiger partial charge < -0.3 is 9.84 Å². The molecule has 2 nitrogen and oxygen atoms in total. The molecule has 1 N–H and O–H groups in total. The maximum atomic E-state index is 10.2. The minimum absolute atomic E-state index is 0.413. The molecule has 0 bridgehead atoms. The molecule has 2 rings (SSSR count). The van der Waals surface area contributed by atoms with Crippen LogP contribution in [0.5, 0.6) is 5.75 Å². The van der Waals surface area contributed by atoms with Gasteiger partial charge in [-0.1, -0.05) is 19.1 Å². The molecule has 0 amide bonds. The van der Waals surface area contributed by atoms with Crippen molar-refractivity contribution in [3.05, 3.63) is 51.7 Å². The van der Waals surface area contributed by atoms with Gasteiger partial charge in [-0.25, -0.2) is 0 Å². The van der Waals surface area contributed by atoms with Crippen LogP contribution in [0.15, 0.2) is 36.4 Å². The molecule has 0 aliphatic heterocycles. The second-order valence-corrected chi connectivity index (χ2v) is 5.43. The lowest BCUT2D eigenvalue weighted by atomic mass is 10.1. The van der Waals surface area contributed by atoms with E-state index in [1.807, 2.05) is 30.3 Å². The van der Waals surface area contributed by atoms with Crippen LogP contribution in [0.25, 0.3) is 0 Å². The third-order valence-corrected chi connectivity index (χ3v) is 4.28. The Balaban J connectivity index is 2.03. The highest BCUT2D eigenvalue weighted by molar-refractivity contribution is 7.12. The Hall–Kier alpha value is -1.32. The molecule has 0 radical (unpaired) electrons. The average Bonchev–Trinajstić information content (AvgIpc) is 2.88. The Bertz CT molecular complexity index is 487. The predicted octanol–water partition coefficient (Wildman–Crippen LogP) is 3.60. The number of hydrogen-bond acceptors (Lipinski definition) is 3. The van der Waals surface area contributed by atoms with Crippen LogP contribution in [0, 0.1) is 0 Å². The fraction of sp³-hybridized carbons (Fsp3) is 0.333. The Morgan fingerprint density at radius 1 is 1.17 bits per heavy atom. The van der Waals surface area contributed by atoms with E-state index in [9.17, 15) is 5.11 Å². The Morgan fingerprint density at radius 3 is 2.44 bits per heavy atom. The lowest BCUT2D eigenvalue weighted by Gasteiger charge is -2.09. The van der Waals surface area contributed by atoms with Crippen molar-refractivity contribution in [3.8, 4) is 5.75 Å². The van der Waals surface area contributed by atoms with E-state index in [1.165, 1.54) is 4.88 Å². The summed E-state index contributed by atoms with van der Waals surface area (Å²) in [6, 6.07) is 12.0. The number of benzene rings is 1. The van der Waals surface area contributed by atoms with Crippen LogP contribution in [0.1, 0.15) is 28.3 Å². The molecule has 0 spiro atoms. The molecular formula is C15H18O2S. The Morgan fingerprint density at radius 2 is 1.89 bits per heavy atom. The fourth-order valence-electron chi connectivity index (χ4n) is 1.85. The normalized spacial score (nSPS) is 12.4. The number of ether oxygens (including phenoxy) is 1. The van der Waals surface area contributed by atoms with Crippen molar-refractivity contribution in [2.24, 2.45) is 0 Å². The monoisotopic (exact) mass is 262 g/mol. The predicted molar refractivity (Wildman–Crippen MR) is 75.4 cm³/mol. The van der Waals surface area contributed by atoms with E-state index in [-0.39, 0.29) is 0 Å². The lowest BCUT2D eigenvalue weighted by molar-refractivity contribution is 0.182. The van der Waals surface area contributed by atoms with Gasteiger partial charge in [-0.3, -0.25) is 0 Å². The first kappa shape index (κ1) is 13.1. The van der Waals surface area contributed by atoms with Crippen molar-refractivity contribution in [2.75, 3.05) is 7.11 Å². The topological polar surface area (TPSA) is 29.5 Å². The summed E-state index contributed by atoms with van der Waals surface area (Å²) in [6.07, 6.45) is 1.26. The quantitative estimate of drug-likeness (QED) is 0.892. The zero-order valence-corrected chi connectivity index (χ0v) is 11.5. The van der Waals surface area contributed by atoms with Gasteiger partial charge in [-0.2, -0.15) is 0 Å². The summed E-state index contributed by atoms with van der Waals surface area (Å²) < 4.78 is 5.12. The van der Waals surface area contributed by atoms with E-state index in [0.29, 0.717) is 6.42 Å². The van der Waals surface area contributed by atoms with Gasteiger partial charge in [-0.15, -0.1) is 11.3 Å². The number of methoxy groups -OCH3 is 1. The number of aliphatic hydroxyl groups excluding tert-OH is 1. The molecule has 0 aliphatic rings. The summed E-state index contributed by atoms with van der Waals surface area (Å²) in [7, 11) is 1.65. The van der Waals surface area contributed by atoms with Gasteiger partial charge >= 0.3 is 0 Å². The second-order valence-electron chi connectivity index (χ2n) is 4.23. The minimum atomic E-state index is -0.413. The number of thiophene rings is 1. The van der Waals surface area contributed by atoms with Gasteiger partial charge in [0.25, 0.3) is 0 Å². The zero-order valence-electron chi connectivity index (χ0n) is 10.7. The molecule has 1 heterocycles. The molecule has 1 atom stereocenters. The first-order chi connectivity index (χ1) is 8.72. The Labute approximate surface area is 112 Å². The summed E-state index contributed by atoms with van der Waals surface area (Å²) in [5, 5.41) is 10.2. The zero-order chi connectivity index (χ0) is 13.0. The van der Waals surface area contributed by atoms with Gasteiger partial charge in [0.15, 0.2) is 0 Å². The van der Waals surface area contributed by atoms with E-state index in [4.69, 9.17) is 4.74 Å². The van der Waals surface area contributed by atoms with Crippen LogP contribution in [0.4, 0.5) is 0 Å². The SMILES string of the molecule is CCc1ccc(C(O)Cc2ccc(OC)cc2)s1. The van der Waals surface area contributed by atoms with Crippen LogP contribution >= 0.6 is 11.3 Å². The van der Waals surface area contributed by atoms with Crippen LogP contribution in [0.3, 0.4) is 0 Å². The summed E-state index contributed by atoms with van der Waals surface area (Å²) >= 11 is 1.69. The molecule has 0 saturated carbocycles. The number of rotatable bonds is 5. The molecule has 3 heteroatoms. The number of hydrogen-bond donors (Lipinski definition) is 1. The van der Waals surface area contributed by atoms with Gasteiger partial charge in [-0.05, 0) is 36.2 Å². The molecular weight excluding hydrogens is 244 g/mol. The minimum Gasteiger partial charge on any atom is -0.497 e. The lowest BCUT2D eigenvalue weighted by Crippen LogP contribution is -1.99. The van der Waals surface area contributed by atoms with Crippen LogP contribution in [0.2, 0.25) is 0 Å². The van der Waals surface area contributed by atoms with Crippen LogP contribution in [-0.2, 0) is 12.8 Å². The van der Waals surface area contributed by atoms with Gasteiger partial charge in [0.2, 0.25) is 0 Å². The maximum absolute atomic E-state index is 10.2. The highest BCUT2D eigenvalue weighted by Crippen LogP contribution is 2.26. The van der Waals surface area contributed by atoms with Crippen molar-refractivity contribution in [2.45, 2.75) is 25.9 Å². The molecule has 1 unspecified atom stereocenters. The van der Waals surface area contributed by atoms with Crippen LogP contribution in [-0.4, -0.2) is 12.2 Å². The maximum Gasteiger partial charge on any atom is 0.118 e. The molecule has 1 aromatic carbocycles. The summed E-state index contributed by atoms with van der Waals surface area (Å²) in [5.74, 6) is 0.845. The van der Waals surface area contributed by atoms with Crippen LogP contribution < -0.4 is 4.74 Å². The van der Waals surface area contributed by atoms with E-state index < -0.39 is 6.10 Å². The smallest absolute Gasteiger partial charge is 0.118 e. The highest BCUT2D eigenvalue weighted by atomic mass is 32.1. The van der Waals surface area contributed by atoms with E-state index in [1.54, 1.807) is 18.4 Å². The Kier molecular flexibility index (Phi) is 4.39. The van der Waals surface area contributed by atoms with E-state index in [2.05, 4.69) is 13.0 Å². The van der Waals surface area contributed by atoms with Crippen molar-refractivity contribution in [3.63, 3.8) is 0 Å². The second kappa shape index (κ2) is 6.03. The van der Waals surface area contributed by atoms with E-state index in [0.717, 1.165) is 22.6 Å². The molecule has 96 valence electrons. The third kappa shape index (κ3) is 3.12. The van der Waals surface area contributed by atoms with Crippen molar-refractivity contribution in [1.29, 1.82) is 0 Å². The largest absolute Gasteiger partial charge is 0.497 e. The first-order valence-corrected chi connectivity index (χ1v) is 6.94. The van der Waals surface area contributed by atoms with Crippen molar-refractivity contribution in [1.82, 2.24) is 0 Å². The highest BCUT2D eigenvalue weighted by Gasteiger charge is 2.11. The molecule has 0 fully saturated rings. The van der Waals surface area contributed by atoms with Crippen molar-refractivity contribution < 1.29 is 9.84 Å². The standard InChI is InChI=1S/C15H18O2S/c1-3-13-8-9-15(18-13)14(16)10-11-4-6-12(17-2)7-5-11/h4-9,14,16H,3,10H2,1-2H3. The van der Waals surface area contributed by atoms with Gasteiger partial charge in [0, 0.05) is 16.2 Å². The third-order valence-electron chi connectivity index (χ3n) is 2.95. The molecule has 0 aliphatic carbocycles. The molecule has 0 saturated heterocycles.